The highest BCUT2D eigenvalue weighted by Crippen LogP contribution is 2.44. The standard InChI is InChI=1S/C14H28N2O2/c1-3-4-7-18-8-5-6-16-13(17)14(11-15)9-12(2)10-14/h12H,3-11,15H2,1-2H3,(H,16,17). The average Bonchev–Trinajstić information content (AvgIpc) is 2.33. The number of unbranched alkanes of at least 4 members (excludes halogenated alkanes) is 1. The van der Waals surface area contributed by atoms with Gasteiger partial charge in [0.1, 0.15) is 0 Å². The molecule has 0 aromatic heterocycles. The highest BCUT2D eigenvalue weighted by Gasteiger charge is 2.46. The van der Waals surface area contributed by atoms with Crippen LogP contribution in [0.15, 0.2) is 0 Å². The maximum Gasteiger partial charge on any atom is 0.227 e. The Morgan fingerprint density at radius 2 is 2.06 bits per heavy atom. The average molecular weight is 256 g/mol. The molecule has 1 rings (SSSR count). The molecule has 1 aliphatic carbocycles. The first-order chi connectivity index (χ1) is 8.64. The van der Waals surface area contributed by atoms with Gasteiger partial charge in [-0.05, 0) is 31.6 Å². The van der Waals surface area contributed by atoms with Crippen LogP contribution in [0.1, 0.15) is 46.0 Å². The SMILES string of the molecule is CCCCOCCCNC(=O)C1(CN)CC(C)C1. The van der Waals surface area contributed by atoms with Crippen LogP contribution in [-0.4, -0.2) is 32.2 Å². The zero-order valence-electron chi connectivity index (χ0n) is 11.8. The van der Waals surface area contributed by atoms with E-state index in [2.05, 4.69) is 19.2 Å². The summed E-state index contributed by atoms with van der Waals surface area (Å²) in [5.41, 5.74) is 5.46. The van der Waals surface area contributed by atoms with Crippen LogP contribution in [0.2, 0.25) is 0 Å². The molecule has 0 aromatic rings. The number of ether oxygens (including phenoxy) is 1. The van der Waals surface area contributed by atoms with Gasteiger partial charge in [0, 0.05) is 26.3 Å². The molecule has 0 bridgehead atoms. The van der Waals surface area contributed by atoms with Gasteiger partial charge in [-0.15, -0.1) is 0 Å². The van der Waals surface area contributed by atoms with Crippen LogP contribution in [0.4, 0.5) is 0 Å². The zero-order chi connectivity index (χ0) is 13.4. The number of carbonyl (C=O) groups excluding carboxylic acids is 1. The molecule has 1 aliphatic rings. The first kappa shape index (κ1) is 15.4. The van der Waals surface area contributed by atoms with E-state index < -0.39 is 0 Å². The van der Waals surface area contributed by atoms with Crippen molar-refractivity contribution >= 4 is 5.91 Å². The molecule has 0 aliphatic heterocycles. The summed E-state index contributed by atoms with van der Waals surface area (Å²) >= 11 is 0. The molecule has 3 N–H and O–H groups in total. The third-order valence-corrected chi connectivity index (χ3v) is 3.74. The molecule has 4 heteroatoms. The maximum atomic E-state index is 12.0. The summed E-state index contributed by atoms with van der Waals surface area (Å²) in [6, 6.07) is 0. The first-order valence-corrected chi connectivity index (χ1v) is 7.20. The van der Waals surface area contributed by atoms with E-state index in [0.717, 1.165) is 45.3 Å². The van der Waals surface area contributed by atoms with Crippen LogP contribution in [0, 0.1) is 11.3 Å². The quantitative estimate of drug-likeness (QED) is 0.617. The number of nitrogens with one attached hydrogen (secondary N) is 1. The number of hydrogen-bond acceptors (Lipinski definition) is 3. The van der Waals surface area contributed by atoms with E-state index in [-0.39, 0.29) is 11.3 Å². The second kappa shape index (κ2) is 7.74. The lowest BCUT2D eigenvalue weighted by Crippen LogP contribution is -2.53. The molecule has 0 spiro atoms. The summed E-state index contributed by atoms with van der Waals surface area (Å²) in [5.74, 6) is 0.772. The van der Waals surface area contributed by atoms with Gasteiger partial charge in [-0.3, -0.25) is 4.79 Å². The van der Waals surface area contributed by atoms with Crippen LogP contribution >= 0.6 is 0 Å². The second-order valence-electron chi connectivity index (χ2n) is 5.57. The predicted molar refractivity (Wildman–Crippen MR) is 73.2 cm³/mol. The molecule has 18 heavy (non-hydrogen) atoms. The van der Waals surface area contributed by atoms with Gasteiger partial charge >= 0.3 is 0 Å². The predicted octanol–water partition coefficient (Wildman–Crippen LogP) is 1.68. The van der Waals surface area contributed by atoms with Gasteiger partial charge in [-0.1, -0.05) is 20.3 Å². The Morgan fingerprint density at radius 3 is 2.61 bits per heavy atom. The van der Waals surface area contributed by atoms with E-state index >= 15 is 0 Å². The van der Waals surface area contributed by atoms with Crippen LogP contribution in [0.25, 0.3) is 0 Å². The number of nitrogens with two attached hydrogens (primary N) is 1. The molecule has 4 nitrogen and oxygen atoms in total. The van der Waals surface area contributed by atoms with E-state index in [4.69, 9.17) is 10.5 Å². The second-order valence-corrected chi connectivity index (χ2v) is 5.57. The van der Waals surface area contributed by atoms with Crippen molar-refractivity contribution in [2.75, 3.05) is 26.3 Å². The van der Waals surface area contributed by atoms with Gasteiger partial charge in [-0.25, -0.2) is 0 Å². The third-order valence-electron chi connectivity index (χ3n) is 3.74. The Morgan fingerprint density at radius 1 is 1.39 bits per heavy atom. The first-order valence-electron chi connectivity index (χ1n) is 7.20. The van der Waals surface area contributed by atoms with Gasteiger partial charge in [0.2, 0.25) is 5.91 Å². The fourth-order valence-electron chi connectivity index (χ4n) is 2.63. The Hall–Kier alpha value is -0.610. The van der Waals surface area contributed by atoms with Gasteiger partial charge in [0.15, 0.2) is 0 Å². The number of carbonyl (C=O) groups is 1. The number of hydrogen-bond donors (Lipinski definition) is 2. The van der Waals surface area contributed by atoms with Crippen LogP contribution in [0.3, 0.4) is 0 Å². The van der Waals surface area contributed by atoms with Crippen molar-refractivity contribution in [3.8, 4) is 0 Å². The molecule has 0 saturated heterocycles. The summed E-state index contributed by atoms with van der Waals surface area (Å²) in [5, 5.41) is 2.99. The van der Waals surface area contributed by atoms with E-state index in [1.807, 2.05) is 0 Å². The van der Waals surface area contributed by atoms with E-state index in [1.54, 1.807) is 0 Å². The minimum absolute atomic E-state index is 0.136. The minimum Gasteiger partial charge on any atom is -0.381 e. The molecule has 0 atom stereocenters. The van der Waals surface area contributed by atoms with Crippen LogP contribution < -0.4 is 11.1 Å². The highest BCUT2D eigenvalue weighted by atomic mass is 16.5. The van der Waals surface area contributed by atoms with Gasteiger partial charge < -0.3 is 15.8 Å². The smallest absolute Gasteiger partial charge is 0.227 e. The molecular weight excluding hydrogens is 228 g/mol. The number of amides is 1. The summed E-state index contributed by atoms with van der Waals surface area (Å²) < 4.78 is 5.45. The monoisotopic (exact) mass is 256 g/mol. The van der Waals surface area contributed by atoms with Crippen LogP contribution in [0.5, 0.6) is 0 Å². The summed E-state index contributed by atoms with van der Waals surface area (Å²) in [6.45, 7) is 7.04. The fraction of sp³-hybridized carbons (Fsp3) is 0.929. The van der Waals surface area contributed by atoms with Gasteiger partial charge in [0.25, 0.3) is 0 Å². The van der Waals surface area contributed by atoms with E-state index in [1.165, 1.54) is 0 Å². The largest absolute Gasteiger partial charge is 0.381 e. The normalized spacial score (nSPS) is 26.7. The van der Waals surface area contributed by atoms with Crippen molar-refractivity contribution in [1.29, 1.82) is 0 Å². The lowest BCUT2D eigenvalue weighted by molar-refractivity contribution is -0.138. The maximum absolute atomic E-state index is 12.0. The molecule has 0 aromatic carbocycles. The molecule has 1 fully saturated rings. The van der Waals surface area contributed by atoms with E-state index in [0.29, 0.717) is 19.0 Å². The topological polar surface area (TPSA) is 64.3 Å². The third kappa shape index (κ3) is 4.25. The lowest BCUT2D eigenvalue weighted by Gasteiger charge is -2.44. The zero-order valence-corrected chi connectivity index (χ0v) is 11.8. The summed E-state index contributed by atoms with van der Waals surface area (Å²) in [6.07, 6.45) is 5.02. The summed E-state index contributed by atoms with van der Waals surface area (Å²) in [7, 11) is 0. The Bertz CT molecular complexity index is 250. The Balaban J connectivity index is 2.06. The van der Waals surface area contributed by atoms with Gasteiger partial charge in [0.05, 0.1) is 5.41 Å². The fourth-order valence-corrected chi connectivity index (χ4v) is 2.63. The number of rotatable bonds is 9. The molecule has 0 heterocycles. The van der Waals surface area contributed by atoms with Gasteiger partial charge in [-0.2, -0.15) is 0 Å². The van der Waals surface area contributed by atoms with Crippen molar-refractivity contribution < 1.29 is 9.53 Å². The van der Waals surface area contributed by atoms with Crippen molar-refractivity contribution in [2.24, 2.45) is 17.1 Å². The van der Waals surface area contributed by atoms with Crippen molar-refractivity contribution in [3.05, 3.63) is 0 Å². The summed E-state index contributed by atoms with van der Waals surface area (Å²) in [4.78, 5) is 12.0. The van der Waals surface area contributed by atoms with Crippen LogP contribution in [-0.2, 0) is 9.53 Å². The molecule has 1 amide bonds. The molecular formula is C14H28N2O2. The Kier molecular flexibility index (Phi) is 6.65. The molecule has 0 radical (unpaired) electrons. The molecule has 106 valence electrons. The Labute approximate surface area is 111 Å². The van der Waals surface area contributed by atoms with Crippen molar-refractivity contribution in [3.63, 3.8) is 0 Å². The molecule has 1 saturated carbocycles. The minimum atomic E-state index is -0.275. The van der Waals surface area contributed by atoms with Crippen molar-refractivity contribution in [2.45, 2.75) is 46.0 Å². The van der Waals surface area contributed by atoms with E-state index in [9.17, 15) is 4.79 Å². The highest BCUT2D eigenvalue weighted by molar-refractivity contribution is 5.83. The lowest BCUT2D eigenvalue weighted by atomic mass is 9.62. The molecule has 0 unspecified atom stereocenters. The van der Waals surface area contributed by atoms with Crippen molar-refractivity contribution in [1.82, 2.24) is 5.32 Å².